The van der Waals surface area contributed by atoms with Crippen LogP contribution in [0.3, 0.4) is 0 Å². The molecule has 2 unspecified atom stereocenters. The van der Waals surface area contributed by atoms with Crippen LogP contribution < -0.4 is 0 Å². The molecule has 2 aliphatic rings. The maximum Gasteiger partial charge on any atom is 0.109 e. The van der Waals surface area contributed by atoms with Gasteiger partial charge in [0.05, 0.1) is 24.3 Å². The van der Waals surface area contributed by atoms with Gasteiger partial charge in [0.15, 0.2) is 0 Å². The summed E-state index contributed by atoms with van der Waals surface area (Å²) in [6.07, 6.45) is -2.46. The molecule has 1 saturated carbocycles. The minimum atomic E-state index is -0.939. The van der Waals surface area contributed by atoms with Gasteiger partial charge >= 0.3 is 0 Å². The van der Waals surface area contributed by atoms with Crippen molar-refractivity contribution in [2.75, 3.05) is 7.05 Å². The largest absolute Gasteiger partial charge is 0.389 e. The second kappa shape index (κ2) is 1.71. The Hall–Kier alpha value is -0.160. The van der Waals surface area contributed by atoms with E-state index in [0.29, 0.717) is 0 Å². The van der Waals surface area contributed by atoms with Gasteiger partial charge in [-0.1, -0.05) is 0 Å². The van der Waals surface area contributed by atoms with Crippen molar-refractivity contribution in [3.05, 3.63) is 0 Å². The average molecular weight is 145 g/mol. The highest BCUT2D eigenvalue weighted by Gasteiger charge is 2.63. The second-order valence-electron chi connectivity index (χ2n) is 3.12. The van der Waals surface area contributed by atoms with Crippen molar-refractivity contribution in [1.82, 2.24) is 4.90 Å². The highest BCUT2D eigenvalue weighted by molar-refractivity contribution is 5.18. The molecular formula is C6H11NO3. The predicted octanol–water partition coefficient (Wildman–Crippen LogP) is -2.23. The average Bonchev–Trinajstić information content (AvgIpc) is 2.50. The Kier molecular flexibility index (Phi) is 1.12. The molecule has 4 atom stereocenters. The molecule has 1 aliphatic carbocycles. The summed E-state index contributed by atoms with van der Waals surface area (Å²) in [7, 11) is 1.83. The Bertz CT molecular complexity index is 143. The monoisotopic (exact) mass is 145 g/mol. The molecule has 0 aromatic rings. The minimum Gasteiger partial charge on any atom is -0.389 e. The van der Waals surface area contributed by atoms with Crippen molar-refractivity contribution >= 4 is 0 Å². The number of rotatable bonds is 0. The van der Waals surface area contributed by atoms with Crippen LogP contribution in [0, 0.1) is 0 Å². The first-order chi connectivity index (χ1) is 4.64. The topological polar surface area (TPSA) is 63.7 Å². The van der Waals surface area contributed by atoms with Crippen LogP contribution in [0.2, 0.25) is 0 Å². The first-order valence-corrected chi connectivity index (χ1v) is 3.40. The number of hydrogen-bond donors (Lipinski definition) is 3. The summed E-state index contributed by atoms with van der Waals surface area (Å²) in [6.45, 7) is 0. The summed E-state index contributed by atoms with van der Waals surface area (Å²) in [4.78, 5) is 1.86. The SMILES string of the molecule is CN1C2C1[C@@H](O)C(O)[C@@H]2O. The van der Waals surface area contributed by atoms with Gasteiger partial charge < -0.3 is 15.3 Å². The van der Waals surface area contributed by atoms with Crippen LogP contribution in [-0.4, -0.2) is 57.7 Å². The van der Waals surface area contributed by atoms with E-state index < -0.39 is 18.3 Å². The molecule has 3 N–H and O–H groups in total. The normalized spacial score (nSPS) is 66.0. The van der Waals surface area contributed by atoms with Crippen molar-refractivity contribution in [2.24, 2.45) is 0 Å². The molecular weight excluding hydrogens is 134 g/mol. The van der Waals surface area contributed by atoms with Crippen molar-refractivity contribution in [3.63, 3.8) is 0 Å². The lowest BCUT2D eigenvalue weighted by Crippen LogP contribution is -2.38. The van der Waals surface area contributed by atoms with Crippen LogP contribution in [0.1, 0.15) is 0 Å². The van der Waals surface area contributed by atoms with E-state index in [0.717, 1.165) is 0 Å². The number of fused-ring (bicyclic) bond motifs is 1. The Labute approximate surface area is 58.7 Å². The third-order valence-corrected chi connectivity index (χ3v) is 2.60. The lowest BCUT2D eigenvalue weighted by atomic mass is 10.2. The molecule has 2 rings (SSSR count). The molecule has 1 heterocycles. The van der Waals surface area contributed by atoms with Gasteiger partial charge in [0.1, 0.15) is 6.10 Å². The third kappa shape index (κ3) is 0.549. The smallest absolute Gasteiger partial charge is 0.109 e. The van der Waals surface area contributed by atoms with Gasteiger partial charge in [0.25, 0.3) is 0 Å². The lowest BCUT2D eigenvalue weighted by molar-refractivity contribution is -0.0468. The van der Waals surface area contributed by atoms with Gasteiger partial charge in [0.2, 0.25) is 0 Å². The van der Waals surface area contributed by atoms with E-state index in [4.69, 9.17) is 5.11 Å². The maximum atomic E-state index is 9.20. The summed E-state index contributed by atoms with van der Waals surface area (Å²) in [5.41, 5.74) is 0. The third-order valence-electron chi connectivity index (χ3n) is 2.60. The van der Waals surface area contributed by atoms with Gasteiger partial charge in [-0.2, -0.15) is 0 Å². The Morgan fingerprint density at radius 2 is 1.30 bits per heavy atom. The van der Waals surface area contributed by atoms with E-state index in [1.807, 2.05) is 11.9 Å². The van der Waals surface area contributed by atoms with Crippen LogP contribution in [0.4, 0.5) is 0 Å². The molecule has 4 heteroatoms. The van der Waals surface area contributed by atoms with Crippen molar-refractivity contribution in [1.29, 1.82) is 0 Å². The fourth-order valence-electron chi connectivity index (χ4n) is 1.88. The standard InChI is InChI=1S/C6H11NO3/c1-7-2-3(7)5(9)6(10)4(2)8/h2-6,8-10H,1H3/t2?,3?,4-,5-,6?,7?/m1/s1. The van der Waals surface area contributed by atoms with Crippen molar-refractivity contribution < 1.29 is 15.3 Å². The summed E-state index contributed by atoms with van der Waals surface area (Å²) >= 11 is 0. The van der Waals surface area contributed by atoms with Gasteiger partial charge in [-0.3, -0.25) is 4.90 Å². The van der Waals surface area contributed by atoms with E-state index in [2.05, 4.69) is 0 Å². The van der Waals surface area contributed by atoms with Gasteiger partial charge in [-0.05, 0) is 7.05 Å². The molecule has 0 spiro atoms. The first kappa shape index (κ1) is 6.54. The molecule has 1 saturated heterocycles. The number of hydrogen-bond acceptors (Lipinski definition) is 4. The summed E-state index contributed by atoms with van der Waals surface area (Å²) in [6, 6.07) is -0.0185. The summed E-state index contributed by atoms with van der Waals surface area (Å²) in [5, 5.41) is 27.5. The van der Waals surface area contributed by atoms with Crippen LogP contribution in [-0.2, 0) is 0 Å². The maximum absolute atomic E-state index is 9.20. The van der Waals surface area contributed by atoms with Gasteiger partial charge in [-0.25, -0.2) is 0 Å². The van der Waals surface area contributed by atoms with E-state index in [1.54, 1.807) is 0 Å². The summed E-state index contributed by atoms with van der Waals surface area (Å²) < 4.78 is 0. The zero-order valence-electron chi connectivity index (χ0n) is 5.68. The van der Waals surface area contributed by atoms with E-state index >= 15 is 0 Å². The van der Waals surface area contributed by atoms with Crippen LogP contribution in [0.5, 0.6) is 0 Å². The van der Waals surface area contributed by atoms with Crippen molar-refractivity contribution in [3.8, 4) is 0 Å². The molecule has 0 aromatic carbocycles. The molecule has 0 bridgehead atoms. The van der Waals surface area contributed by atoms with Crippen LogP contribution >= 0.6 is 0 Å². The Morgan fingerprint density at radius 1 is 0.900 bits per heavy atom. The molecule has 0 radical (unpaired) electrons. The van der Waals surface area contributed by atoms with E-state index in [1.165, 1.54) is 0 Å². The number of nitrogens with zero attached hydrogens (tertiary/aromatic N) is 1. The highest BCUT2D eigenvalue weighted by Crippen LogP contribution is 2.40. The molecule has 0 aromatic heterocycles. The van der Waals surface area contributed by atoms with E-state index in [-0.39, 0.29) is 12.1 Å². The quantitative estimate of drug-likeness (QED) is 0.337. The lowest BCUT2D eigenvalue weighted by Gasteiger charge is -2.17. The number of likely N-dealkylation sites (N-methyl/N-ethyl adjacent to an activating group) is 1. The van der Waals surface area contributed by atoms with Crippen molar-refractivity contribution in [2.45, 2.75) is 30.4 Å². The number of likely N-dealkylation sites (tertiary alicyclic amines) is 1. The molecule has 58 valence electrons. The molecule has 2 fully saturated rings. The van der Waals surface area contributed by atoms with Gasteiger partial charge in [-0.15, -0.1) is 0 Å². The summed E-state index contributed by atoms with van der Waals surface area (Å²) in [5.74, 6) is 0. The highest BCUT2D eigenvalue weighted by atomic mass is 16.4. The fourth-order valence-corrected chi connectivity index (χ4v) is 1.88. The fraction of sp³-hybridized carbons (Fsp3) is 1.00. The number of piperidine rings is 1. The zero-order chi connectivity index (χ0) is 7.46. The van der Waals surface area contributed by atoms with Crippen LogP contribution in [0.25, 0.3) is 0 Å². The van der Waals surface area contributed by atoms with Crippen LogP contribution in [0.15, 0.2) is 0 Å². The molecule has 0 amide bonds. The first-order valence-electron chi connectivity index (χ1n) is 3.40. The minimum absolute atomic E-state index is 0.00926. The predicted molar refractivity (Wildman–Crippen MR) is 33.4 cm³/mol. The molecule has 4 nitrogen and oxygen atoms in total. The zero-order valence-corrected chi connectivity index (χ0v) is 5.68. The number of aliphatic hydroxyl groups excluding tert-OH is 3. The second-order valence-corrected chi connectivity index (χ2v) is 3.12. The molecule has 1 aliphatic heterocycles. The van der Waals surface area contributed by atoms with Gasteiger partial charge in [0, 0.05) is 0 Å². The van der Waals surface area contributed by atoms with E-state index in [9.17, 15) is 10.2 Å². The Balaban J connectivity index is 2.14. The Morgan fingerprint density at radius 3 is 1.60 bits per heavy atom. The number of aliphatic hydroxyl groups is 3. The molecule has 10 heavy (non-hydrogen) atoms.